The molecule has 9 atom stereocenters. The minimum Gasteiger partial charge on any atom is -0.459 e. The van der Waals surface area contributed by atoms with E-state index in [0.29, 0.717) is 19.4 Å². The molecule has 0 saturated carbocycles. The van der Waals surface area contributed by atoms with E-state index < -0.39 is 36.0 Å². The fourth-order valence-electron chi connectivity index (χ4n) is 5.15. The van der Waals surface area contributed by atoms with E-state index in [1.165, 1.54) is 13.0 Å². The number of allylic oxidation sites excluding steroid dienone is 2. The smallest absolute Gasteiger partial charge is 0.303 e. The van der Waals surface area contributed by atoms with Gasteiger partial charge in [-0.15, -0.1) is 0 Å². The lowest BCUT2D eigenvalue weighted by molar-refractivity contribution is -0.145. The Morgan fingerprint density at radius 1 is 1.21 bits per heavy atom. The Bertz CT molecular complexity index is 976. The Balaban J connectivity index is 1.50. The Morgan fingerprint density at radius 2 is 1.92 bits per heavy atom. The van der Waals surface area contributed by atoms with Crippen LogP contribution in [0, 0.1) is 5.92 Å². The van der Waals surface area contributed by atoms with Crippen LogP contribution in [-0.2, 0) is 33.3 Å². The number of nitrogens with two attached hydrogens (primary N) is 1. The average Bonchev–Trinajstić information content (AvgIpc) is 3.64. The number of hydrazine groups is 1. The van der Waals surface area contributed by atoms with Gasteiger partial charge in [0, 0.05) is 19.4 Å². The highest BCUT2D eigenvalue weighted by molar-refractivity contribution is 5.87. The van der Waals surface area contributed by atoms with E-state index in [9.17, 15) is 19.5 Å². The number of aliphatic hydroxyl groups excluding tert-OH is 1. The second kappa shape index (κ2) is 13.7. The predicted molar refractivity (Wildman–Crippen MR) is 143 cm³/mol. The van der Waals surface area contributed by atoms with Gasteiger partial charge in [-0.25, -0.2) is 5.84 Å². The summed E-state index contributed by atoms with van der Waals surface area (Å²) in [4.78, 5) is 35.1. The Hall–Kier alpha value is -2.57. The molecule has 3 fully saturated rings. The molecule has 39 heavy (non-hydrogen) atoms. The zero-order chi connectivity index (χ0) is 28.7. The number of rotatable bonds is 10. The van der Waals surface area contributed by atoms with Gasteiger partial charge in [-0.3, -0.25) is 19.8 Å². The van der Waals surface area contributed by atoms with Crippen molar-refractivity contribution in [3.05, 3.63) is 36.0 Å². The molecular formula is C28H43N3O8. The van der Waals surface area contributed by atoms with E-state index in [2.05, 4.69) is 23.7 Å². The number of amides is 2. The molecule has 0 unspecified atom stereocenters. The Kier molecular flexibility index (Phi) is 10.9. The van der Waals surface area contributed by atoms with Gasteiger partial charge in [-0.1, -0.05) is 30.7 Å². The van der Waals surface area contributed by atoms with Crippen LogP contribution in [0.4, 0.5) is 0 Å². The normalized spacial score (nSPS) is 35.7. The maximum absolute atomic E-state index is 12.3. The molecule has 0 bridgehead atoms. The fourth-order valence-corrected chi connectivity index (χ4v) is 5.15. The summed E-state index contributed by atoms with van der Waals surface area (Å²) in [6, 6.07) is -0.126. The molecule has 5 N–H and O–H groups in total. The zero-order valence-electron chi connectivity index (χ0n) is 23.4. The molecule has 3 heterocycles. The van der Waals surface area contributed by atoms with Crippen LogP contribution in [0.3, 0.4) is 0 Å². The number of epoxide rings is 1. The Morgan fingerprint density at radius 3 is 2.56 bits per heavy atom. The summed E-state index contributed by atoms with van der Waals surface area (Å²) in [5.74, 6) is 4.45. The SMILES string of the molecule is CC(=O)O[C@@H](C)/C=C\C(=O)N[C@@H]1C[C@H](C)[C@H](C/C=C(C)/C=C/[C@H]2O[C@H](CC(=O)NN)C[C@@]3(CO3)[C@@H]2O)O[C@@H]1C. The molecule has 3 saturated heterocycles. The zero-order valence-corrected chi connectivity index (χ0v) is 23.4. The third kappa shape index (κ3) is 8.97. The van der Waals surface area contributed by atoms with Crippen molar-refractivity contribution in [2.45, 2.75) is 109 Å². The third-order valence-corrected chi connectivity index (χ3v) is 7.50. The van der Waals surface area contributed by atoms with Crippen molar-refractivity contribution in [1.82, 2.24) is 10.7 Å². The first-order valence-electron chi connectivity index (χ1n) is 13.6. The van der Waals surface area contributed by atoms with Gasteiger partial charge < -0.3 is 29.4 Å². The van der Waals surface area contributed by atoms with E-state index in [4.69, 9.17) is 24.8 Å². The van der Waals surface area contributed by atoms with E-state index in [0.717, 1.165) is 12.0 Å². The van der Waals surface area contributed by atoms with E-state index in [1.807, 2.05) is 26.0 Å². The molecule has 2 amide bonds. The Labute approximate surface area is 230 Å². The van der Waals surface area contributed by atoms with Crippen LogP contribution in [0.15, 0.2) is 36.0 Å². The molecule has 0 aliphatic carbocycles. The summed E-state index contributed by atoms with van der Waals surface area (Å²) in [7, 11) is 0. The number of hydrogen-bond acceptors (Lipinski definition) is 9. The lowest BCUT2D eigenvalue weighted by Gasteiger charge is -2.39. The number of ether oxygens (including phenoxy) is 4. The predicted octanol–water partition coefficient (Wildman–Crippen LogP) is 1.35. The van der Waals surface area contributed by atoms with Crippen molar-refractivity contribution in [2.75, 3.05) is 6.61 Å². The largest absolute Gasteiger partial charge is 0.459 e. The summed E-state index contributed by atoms with van der Waals surface area (Å²) < 4.78 is 22.8. The van der Waals surface area contributed by atoms with E-state index in [-0.39, 0.29) is 42.4 Å². The van der Waals surface area contributed by atoms with Crippen molar-refractivity contribution in [3.8, 4) is 0 Å². The summed E-state index contributed by atoms with van der Waals surface area (Å²) in [5, 5.41) is 13.7. The van der Waals surface area contributed by atoms with Crippen LogP contribution in [0.1, 0.15) is 60.3 Å². The average molecular weight is 550 g/mol. The van der Waals surface area contributed by atoms with Crippen molar-refractivity contribution in [2.24, 2.45) is 11.8 Å². The minimum atomic E-state index is -0.812. The molecule has 11 heteroatoms. The van der Waals surface area contributed by atoms with Gasteiger partial charge >= 0.3 is 5.97 Å². The molecule has 1 spiro atoms. The molecule has 0 aromatic carbocycles. The van der Waals surface area contributed by atoms with Gasteiger partial charge in [0.25, 0.3) is 0 Å². The second-order valence-corrected chi connectivity index (χ2v) is 10.9. The highest BCUT2D eigenvalue weighted by Gasteiger charge is 2.58. The van der Waals surface area contributed by atoms with Crippen LogP contribution in [-0.4, -0.2) is 77.8 Å². The van der Waals surface area contributed by atoms with Crippen LogP contribution >= 0.6 is 0 Å². The molecular weight excluding hydrogens is 506 g/mol. The second-order valence-electron chi connectivity index (χ2n) is 10.9. The number of esters is 1. The van der Waals surface area contributed by atoms with Crippen LogP contribution < -0.4 is 16.6 Å². The molecule has 11 nitrogen and oxygen atoms in total. The van der Waals surface area contributed by atoms with Crippen molar-refractivity contribution in [1.29, 1.82) is 0 Å². The quantitative estimate of drug-likeness (QED) is 0.0599. The number of hydrogen-bond donors (Lipinski definition) is 4. The highest BCUT2D eigenvalue weighted by Crippen LogP contribution is 2.43. The molecule has 3 rings (SSSR count). The first-order chi connectivity index (χ1) is 18.4. The van der Waals surface area contributed by atoms with Crippen LogP contribution in [0.25, 0.3) is 0 Å². The number of aliphatic hydroxyl groups is 1. The van der Waals surface area contributed by atoms with Crippen LogP contribution in [0.5, 0.6) is 0 Å². The fraction of sp³-hybridized carbons (Fsp3) is 0.679. The molecule has 3 aliphatic rings. The van der Waals surface area contributed by atoms with Crippen molar-refractivity contribution < 1.29 is 38.4 Å². The van der Waals surface area contributed by atoms with Crippen molar-refractivity contribution >= 4 is 17.8 Å². The molecule has 218 valence electrons. The number of carbonyl (C=O) groups is 3. The van der Waals surface area contributed by atoms with Gasteiger partial charge in [-0.05, 0) is 45.6 Å². The first-order valence-corrected chi connectivity index (χ1v) is 13.6. The maximum Gasteiger partial charge on any atom is 0.303 e. The maximum atomic E-state index is 12.3. The summed E-state index contributed by atoms with van der Waals surface area (Å²) in [6.45, 7) is 9.48. The van der Waals surface area contributed by atoms with E-state index >= 15 is 0 Å². The van der Waals surface area contributed by atoms with Gasteiger partial charge in [0.2, 0.25) is 11.8 Å². The summed E-state index contributed by atoms with van der Waals surface area (Å²) >= 11 is 0. The van der Waals surface area contributed by atoms with E-state index in [1.54, 1.807) is 13.0 Å². The monoisotopic (exact) mass is 549 g/mol. The number of nitrogens with one attached hydrogen (secondary N) is 2. The van der Waals surface area contributed by atoms with Gasteiger partial charge in [-0.2, -0.15) is 0 Å². The first kappa shape index (κ1) is 31.0. The molecule has 0 aromatic heterocycles. The van der Waals surface area contributed by atoms with Crippen LogP contribution in [0.2, 0.25) is 0 Å². The third-order valence-electron chi connectivity index (χ3n) is 7.50. The van der Waals surface area contributed by atoms with Crippen molar-refractivity contribution in [3.63, 3.8) is 0 Å². The summed E-state index contributed by atoms with van der Waals surface area (Å²) in [5.41, 5.74) is 2.45. The van der Waals surface area contributed by atoms with Gasteiger partial charge in [0.05, 0.1) is 37.4 Å². The standard InChI is InChI=1S/C28H43N3O8/c1-16(7-10-24-27(35)28(15-36-28)14-21(39-24)13-26(34)31-29)6-9-23-17(2)12-22(19(4)38-23)30-25(33)11-8-18(3)37-20(5)32/h6-8,10-11,17-19,21-24,27,35H,9,12-15,29H2,1-5H3,(H,30,33)(H,31,34)/b10-7+,11-8-,16-6+/t17-,18-,19+,21+,22+,23-,24+,27+,28+/m0/s1. The lowest BCUT2D eigenvalue weighted by atomic mass is 9.87. The number of carbonyl (C=O) groups excluding carboxylic acids is 3. The molecule has 3 aliphatic heterocycles. The minimum absolute atomic E-state index is 0.00478. The molecule has 0 aromatic rings. The molecule has 0 radical (unpaired) electrons. The van der Waals surface area contributed by atoms with Gasteiger partial charge in [0.1, 0.15) is 23.9 Å². The highest BCUT2D eigenvalue weighted by atomic mass is 16.6. The summed E-state index contributed by atoms with van der Waals surface area (Å²) in [6.07, 6.45) is 8.30. The van der Waals surface area contributed by atoms with Gasteiger partial charge in [0.15, 0.2) is 0 Å². The topological polar surface area (TPSA) is 162 Å². The lowest BCUT2D eigenvalue weighted by Crippen LogP contribution is -2.51.